The van der Waals surface area contributed by atoms with E-state index in [1.165, 1.54) is 0 Å². The minimum atomic E-state index is -0.0686. The summed E-state index contributed by atoms with van der Waals surface area (Å²) in [5.74, 6) is -0.0686. The molecule has 3 nitrogen and oxygen atoms in total. The molecule has 0 unspecified atom stereocenters. The molecule has 0 radical (unpaired) electrons. The summed E-state index contributed by atoms with van der Waals surface area (Å²) in [4.78, 5) is 15.3. The molecule has 1 aromatic rings. The van der Waals surface area contributed by atoms with E-state index in [4.69, 9.17) is 12.2 Å². The fourth-order valence-electron chi connectivity index (χ4n) is 1.49. The maximum atomic E-state index is 11.2. The van der Waals surface area contributed by atoms with Gasteiger partial charge in [0.15, 0.2) is 5.11 Å². The molecule has 0 saturated carbocycles. The largest absolute Gasteiger partial charge is 0.301 e. The molecular formula is C11H10N2OS. The number of hydrogen-bond acceptors (Lipinski definition) is 2. The number of carbonyl (C=O) groups excluding carboxylic acids is 1. The van der Waals surface area contributed by atoms with Crippen LogP contribution in [0.15, 0.2) is 35.3 Å². The SMILES string of the molecule is O=C1CC(Cc2ccccc2)=NC(=S)N1. The number of aliphatic imine (C=N–C) groups is 1. The van der Waals surface area contributed by atoms with Gasteiger partial charge < -0.3 is 5.32 Å². The topological polar surface area (TPSA) is 41.5 Å². The van der Waals surface area contributed by atoms with Crippen LogP contribution in [-0.4, -0.2) is 16.7 Å². The molecule has 1 N–H and O–H groups in total. The lowest BCUT2D eigenvalue weighted by Gasteiger charge is -2.12. The number of hydrogen-bond donors (Lipinski definition) is 1. The number of benzene rings is 1. The van der Waals surface area contributed by atoms with E-state index in [0.717, 1.165) is 11.3 Å². The van der Waals surface area contributed by atoms with Crippen molar-refractivity contribution in [2.75, 3.05) is 0 Å². The van der Waals surface area contributed by atoms with Gasteiger partial charge in [0.25, 0.3) is 0 Å². The molecule has 1 heterocycles. The van der Waals surface area contributed by atoms with Crippen LogP contribution in [0.3, 0.4) is 0 Å². The van der Waals surface area contributed by atoms with Crippen molar-refractivity contribution in [3.63, 3.8) is 0 Å². The second-order valence-electron chi connectivity index (χ2n) is 3.37. The number of nitrogens with zero attached hydrogens (tertiary/aromatic N) is 1. The number of carbonyl (C=O) groups is 1. The first-order valence-electron chi connectivity index (χ1n) is 4.68. The zero-order valence-electron chi connectivity index (χ0n) is 8.06. The van der Waals surface area contributed by atoms with Crippen LogP contribution in [0.5, 0.6) is 0 Å². The van der Waals surface area contributed by atoms with Crippen LogP contribution < -0.4 is 5.32 Å². The average Bonchev–Trinajstić information content (AvgIpc) is 2.17. The van der Waals surface area contributed by atoms with Crippen LogP contribution >= 0.6 is 12.2 Å². The van der Waals surface area contributed by atoms with Gasteiger partial charge in [0.2, 0.25) is 5.91 Å². The van der Waals surface area contributed by atoms with Gasteiger partial charge in [-0.1, -0.05) is 30.3 Å². The van der Waals surface area contributed by atoms with Crippen molar-refractivity contribution in [1.29, 1.82) is 0 Å². The first-order valence-corrected chi connectivity index (χ1v) is 5.09. The Balaban J connectivity index is 2.13. The van der Waals surface area contributed by atoms with Crippen LogP contribution in [0, 0.1) is 0 Å². The Kier molecular flexibility index (Phi) is 2.87. The summed E-state index contributed by atoms with van der Waals surface area (Å²) in [5.41, 5.74) is 1.98. The summed E-state index contributed by atoms with van der Waals surface area (Å²) < 4.78 is 0. The minimum Gasteiger partial charge on any atom is -0.301 e. The smallest absolute Gasteiger partial charge is 0.231 e. The summed E-state index contributed by atoms with van der Waals surface area (Å²) in [7, 11) is 0. The molecule has 0 spiro atoms. The first kappa shape index (κ1) is 9.98. The van der Waals surface area contributed by atoms with E-state index in [2.05, 4.69) is 10.3 Å². The molecule has 0 saturated heterocycles. The number of nitrogens with one attached hydrogen (secondary N) is 1. The van der Waals surface area contributed by atoms with Crippen molar-refractivity contribution in [2.24, 2.45) is 4.99 Å². The summed E-state index contributed by atoms with van der Waals surface area (Å²) in [6.45, 7) is 0. The highest BCUT2D eigenvalue weighted by molar-refractivity contribution is 7.80. The second-order valence-corrected chi connectivity index (χ2v) is 3.76. The van der Waals surface area contributed by atoms with Gasteiger partial charge in [-0.3, -0.25) is 4.79 Å². The van der Waals surface area contributed by atoms with E-state index in [9.17, 15) is 4.79 Å². The van der Waals surface area contributed by atoms with E-state index >= 15 is 0 Å². The fourth-order valence-corrected chi connectivity index (χ4v) is 1.74. The molecule has 2 rings (SSSR count). The van der Waals surface area contributed by atoms with Crippen LogP contribution in [0.1, 0.15) is 12.0 Å². The van der Waals surface area contributed by atoms with Crippen LogP contribution in [0.4, 0.5) is 0 Å². The molecule has 0 aliphatic carbocycles. The van der Waals surface area contributed by atoms with Crippen molar-refractivity contribution in [1.82, 2.24) is 5.32 Å². The molecule has 1 aliphatic heterocycles. The van der Waals surface area contributed by atoms with Crippen molar-refractivity contribution in [3.05, 3.63) is 35.9 Å². The van der Waals surface area contributed by atoms with Gasteiger partial charge >= 0.3 is 0 Å². The molecule has 15 heavy (non-hydrogen) atoms. The predicted octanol–water partition coefficient (Wildman–Crippen LogP) is 1.47. The normalized spacial score (nSPS) is 15.9. The number of amides is 1. The highest BCUT2D eigenvalue weighted by Gasteiger charge is 2.15. The maximum absolute atomic E-state index is 11.2. The third-order valence-electron chi connectivity index (χ3n) is 2.12. The Labute approximate surface area is 93.2 Å². The summed E-state index contributed by atoms with van der Waals surface area (Å²) in [6, 6.07) is 9.92. The predicted molar refractivity (Wildman–Crippen MR) is 62.9 cm³/mol. The summed E-state index contributed by atoms with van der Waals surface area (Å²) in [5, 5.41) is 2.78. The van der Waals surface area contributed by atoms with Gasteiger partial charge in [-0.05, 0) is 17.8 Å². The van der Waals surface area contributed by atoms with Crippen molar-refractivity contribution in [2.45, 2.75) is 12.8 Å². The Hall–Kier alpha value is -1.55. The monoisotopic (exact) mass is 218 g/mol. The Morgan fingerprint density at radius 2 is 2.07 bits per heavy atom. The lowest BCUT2D eigenvalue weighted by Crippen LogP contribution is -2.35. The van der Waals surface area contributed by atoms with E-state index < -0.39 is 0 Å². The van der Waals surface area contributed by atoms with Crippen LogP contribution in [0.25, 0.3) is 0 Å². The van der Waals surface area contributed by atoms with Gasteiger partial charge in [0.1, 0.15) is 0 Å². The molecule has 1 aliphatic rings. The highest BCUT2D eigenvalue weighted by atomic mass is 32.1. The number of thiocarbonyl (C=S) groups is 1. The van der Waals surface area contributed by atoms with E-state index in [-0.39, 0.29) is 11.0 Å². The Bertz CT molecular complexity index is 425. The maximum Gasteiger partial charge on any atom is 0.231 e. The third-order valence-corrected chi connectivity index (χ3v) is 2.31. The molecule has 1 amide bonds. The van der Waals surface area contributed by atoms with Crippen LogP contribution in [-0.2, 0) is 11.2 Å². The fraction of sp³-hybridized carbons (Fsp3) is 0.182. The van der Waals surface area contributed by atoms with Crippen LogP contribution in [0.2, 0.25) is 0 Å². The quantitative estimate of drug-likeness (QED) is 0.764. The molecule has 0 bridgehead atoms. The van der Waals surface area contributed by atoms with Gasteiger partial charge in [-0.15, -0.1) is 0 Å². The molecule has 0 atom stereocenters. The zero-order chi connectivity index (χ0) is 10.7. The molecule has 0 aromatic heterocycles. The molecule has 76 valence electrons. The summed E-state index contributed by atoms with van der Waals surface area (Å²) in [6.07, 6.45) is 1.03. The van der Waals surface area contributed by atoms with Gasteiger partial charge in [0, 0.05) is 12.1 Å². The number of rotatable bonds is 2. The van der Waals surface area contributed by atoms with E-state index in [1.807, 2.05) is 30.3 Å². The molecule has 4 heteroatoms. The van der Waals surface area contributed by atoms with E-state index in [0.29, 0.717) is 12.8 Å². The second kappa shape index (κ2) is 4.31. The first-order chi connectivity index (χ1) is 7.24. The standard InChI is InChI=1S/C11H10N2OS/c14-10-7-9(12-11(15)13-10)6-8-4-2-1-3-5-8/h1-5H,6-7H2,(H,13,14,15). The van der Waals surface area contributed by atoms with Crippen molar-refractivity contribution < 1.29 is 4.79 Å². The molecule has 1 aromatic carbocycles. The lowest BCUT2D eigenvalue weighted by atomic mass is 10.1. The Morgan fingerprint density at radius 3 is 2.73 bits per heavy atom. The Morgan fingerprint density at radius 1 is 1.33 bits per heavy atom. The average molecular weight is 218 g/mol. The van der Waals surface area contributed by atoms with Gasteiger partial charge in [-0.25, -0.2) is 4.99 Å². The zero-order valence-corrected chi connectivity index (χ0v) is 8.88. The highest BCUT2D eigenvalue weighted by Crippen LogP contribution is 2.06. The third kappa shape index (κ3) is 2.70. The summed E-state index contributed by atoms with van der Waals surface area (Å²) >= 11 is 4.86. The van der Waals surface area contributed by atoms with Gasteiger partial charge in [0.05, 0.1) is 6.42 Å². The molecular weight excluding hydrogens is 208 g/mol. The lowest BCUT2D eigenvalue weighted by molar-refractivity contribution is -0.118. The van der Waals surface area contributed by atoms with Crippen molar-refractivity contribution in [3.8, 4) is 0 Å². The van der Waals surface area contributed by atoms with Gasteiger partial charge in [-0.2, -0.15) is 0 Å². The molecule has 0 fully saturated rings. The minimum absolute atomic E-state index is 0.0686. The van der Waals surface area contributed by atoms with E-state index in [1.54, 1.807) is 0 Å². The van der Waals surface area contributed by atoms with Crippen molar-refractivity contribution >= 4 is 28.9 Å².